The van der Waals surface area contributed by atoms with Crippen molar-refractivity contribution < 1.29 is 52.0 Å². The zero-order valence-electron chi connectivity index (χ0n) is 41.8. The van der Waals surface area contributed by atoms with Crippen molar-refractivity contribution in [3.63, 3.8) is 0 Å². The molecule has 122 valence electrons. The third kappa shape index (κ3) is 16.9. The van der Waals surface area contributed by atoms with Gasteiger partial charge in [-0.15, -0.1) is 0 Å². The van der Waals surface area contributed by atoms with Crippen molar-refractivity contribution in [3.05, 3.63) is 24.2 Å². The number of hydrogen-bond acceptors (Lipinski definition) is 2. The smallest absolute Gasteiger partial charge is 0.305 e. The predicted molar refractivity (Wildman–Crippen MR) is 91.4 cm³/mol. The van der Waals surface area contributed by atoms with Crippen LogP contribution in [0.15, 0.2) is 24.2 Å². The number of carbonyl (C=O) groups is 1. The molecule has 0 spiro atoms. The monoisotopic (exact) mass is 325 g/mol. The molecule has 0 rings (SSSR count). The first-order valence-electron chi connectivity index (χ1n) is 20.6. The number of ether oxygens (including phenoxy) is 1. The maximum atomic E-state index is 11.9. The van der Waals surface area contributed by atoms with E-state index < -0.39 is 114 Å². The Morgan fingerprint density at radius 2 is 1.62 bits per heavy atom. The SMILES string of the molecule is [2H]C(=C([2H])C([2H])([2H])C([2H])([2H])C([2H])([2H])C([2H])([2H])C([2H])([2H])[2H])C([2H])([2H])C([2H])=C([2H])C([2H])([2H])C([2H])([2H])C([2H])([2H])C([2H])([2H])C([2H])([2H])C([2H])([2H])C([2H])([2H])C(=O)OC. The largest absolute Gasteiger partial charge is 0.469 e. The van der Waals surface area contributed by atoms with E-state index in [0.717, 1.165) is 0 Å². The van der Waals surface area contributed by atoms with Crippen LogP contribution in [0.4, 0.5) is 0 Å². The number of rotatable bonds is 14. The van der Waals surface area contributed by atoms with Crippen molar-refractivity contribution in [1.29, 1.82) is 0 Å². The van der Waals surface area contributed by atoms with Gasteiger partial charge in [0.15, 0.2) is 0 Å². The van der Waals surface area contributed by atoms with E-state index in [1.54, 1.807) is 0 Å². The van der Waals surface area contributed by atoms with Gasteiger partial charge in [-0.3, -0.25) is 4.79 Å². The van der Waals surface area contributed by atoms with E-state index in [0.29, 0.717) is 7.11 Å². The number of esters is 1. The van der Waals surface area contributed by atoms with E-state index in [1.807, 2.05) is 0 Å². The molecule has 21 heavy (non-hydrogen) atoms. The number of allylic oxidation sites excluding steroid dienone is 4. The Hall–Kier alpha value is -1.05. The fourth-order valence-corrected chi connectivity index (χ4v) is 0.540. The summed E-state index contributed by atoms with van der Waals surface area (Å²) in [4.78, 5) is 11.9. The average molecular weight is 326 g/mol. The van der Waals surface area contributed by atoms with Gasteiger partial charge in [-0.2, -0.15) is 0 Å². The molecule has 0 aliphatic carbocycles. The molecule has 0 fully saturated rings. The molecule has 0 aliphatic heterocycles. The van der Waals surface area contributed by atoms with Crippen LogP contribution in [0, 0.1) is 0 Å². The maximum absolute atomic E-state index is 11.9. The second kappa shape index (κ2) is 17.0. The molecule has 0 N–H and O–H groups in total. The van der Waals surface area contributed by atoms with Gasteiger partial charge in [0.2, 0.25) is 0 Å². The number of hydrogen-bond donors (Lipinski definition) is 0. The number of methoxy groups -OCH3 is 1. The minimum Gasteiger partial charge on any atom is -0.469 e. The van der Waals surface area contributed by atoms with Crippen LogP contribution < -0.4 is 0 Å². The summed E-state index contributed by atoms with van der Waals surface area (Å²) in [6.07, 6.45) is -53.7. The van der Waals surface area contributed by atoms with E-state index in [4.69, 9.17) is 42.5 Å². The second-order valence-electron chi connectivity index (χ2n) is 2.49. The van der Waals surface area contributed by atoms with Gasteiger partial charge in [-0.25, -0.2) is 0 Å². The summed E-state index contributed by atoms with van der Waals surface area (Å²) in [5.41, 5.74) is 0. The van der Waals surface area contributed by atoms with Crippen molar-refractivity contribution in [2.75, 3.05) is 7.11 Å². The molecular formula is C19H34O2. The molecule has 0 saturated heterocycles. The van der Waals surface area contributed by atoms with E-state index in [2.05, 4.69) is 4.74 Å². The molecule has 0 heterocycles. The summed E-state index contributed by atoms with van der Waals surface area (Å²) >= 11 is 0. The fourth-order valence-electron chi connectivity index (χ4n) is 0.540. The molecule has 0 saturated carbocycles. The lowest BCUT2D eigenvalue weighted by Gasteiger charge is -1.99. The topological polar surface area (TPSA) is 26.3 Å². The third-order valence-electron chi connectivity index (χ3n) is 1.22. The van der Waals surface area contributed by atoms with Crippen LogP contribution in [-0.4, -0.2) is 13.1 Å². The Morgan fingerprint density at radius 1 is 1.00 bits per heavy atom. The van der Waals surface area contributed by atoms with Gasteiger partial charge in [0, 0.05) is 43.4 Å². The molecular weight excluding hydrogens is 260 g/mol. The average Bonchev–Trinajstić information content (AvgIpc) is 2.96. The summed E-state index contributed by atoms with van der Waals surface area (Å²) in [6, 6.07) is -9.13. The molecule has 0 aromatic heterocycles. The number of carbonyl (C=O) groups excluding carboxylic acids is 1. The normalized spacial score (nSPS) is 44.0. The summed E-state index contributed by atoms with van der Waals surface area (Å²) in [7, 11) is 0.523. The first-order chi connectivity index (χ1) is 22.1. The van der Waals surface area contributed by atoms with Gasteiger partial charge >= 0.3 is 5.97 Å². The van der Waals surface area contributed by atoms with Crippen LogP contribution in [-0.2, 0) is 9.53 Å². The third-order valence-corrected chi connectivity index (χ3v) is 1.22. The molecule has 2 nitrogen and oxygen atoms in total. The summed E-state index contributed by atoms with van der Waals surface area (Å²) < 4.78 is 249. The van der Waals surface area contributed by atoms with Crippen LogP contribution in [0.5, 0.6) is 0 Å². The Kier molecular flexibility index (Phi) is 2.32. The summed E-state index contributed by atoms with van der Waals surface area (Å²) in [5, 5.41) is 0. The molecule has 2 heteroatoms. The Bertz CT molecular complexity index is 1430. The summed E-state index contributed by atoms with van der Waals surface area (Å²) in [6.45, 7) is -3.97. The highest BCUT2D eigenvalue weighted by molar-refractivity contribution is 5.68. The Labute approximate surface area is 175 Å². The molecule has 0 atom stereocenters. The van der Waals surface area contributed by atoms with Crippen molar-refractivity contribution in [1.82, 2.24) is 0 Å². The Morgan fingerprint density at radius 3 is 2.29 bits per heavy atom. The lowest BCUT2D eigenvalue weighted by Crippen LogP contribution is -1.98. The Balaban J connectivity index is 7.60. The molecule has 0 aromatic carbocycles. The second-order valence-corrected chi connectivity index (χ2v) is 2.49. The van der Waals surface area contributed by atoms with Crippen molar-refractivity contribution in [3.8, 4) is 0 Å². The van der Waals surface area contributed by atoms with E-state index in [-0.39, 0.29) is 0 Å². The molecule has 0 amide bonds. The van der Waals surface area contributed by atoms with Crippen LogP contribution in [0.1, 0.15) is 126 Å². The minimum absolute atomic E-state index is 0.523. The van der Waals surface area contributed by atoms with Gasteiger partial charge in [-0.05, 0) is 38.2 Å². The molecule has 0 unspecified atom stereocenters. The minimum atomic E-state index is -4.78. The molecule has 0 bridgehead atoms. The molecule has 0 radical (unpaired) electrons. The first kappa shape index (κ1) is 2.87. The lowest BCUT2D eigenvalue weighted by atomic mass is 10.1. The van der Waals surface area contributed by atoms with Gasteiger partial charge in [0.1, 0.15) is 0 Å². The first-order valence-corrected chi connectivity index (χ1v) is 5.07. The molecule has 0 aliphatic rings. The highest BCUT2D eigenvalue weighted by atomic mass is 16.5. The van der Waals surface area contributed by atoms with Crippen molar-refractivity contribution in [2.45, 2.75) is 83.3 Å². The summed E-state index contributed by atoms with van der Waals surface area (Å²) in [5.74, 6) is -2.13. The highest BCUT2D eigenvalue weighted by Crippen LogP contribution is 2.08. The van der Waals surface area contributed by atoms with Crippen molar-refractivity contribution >= 4 is 5.97 Å². The standard InChI is InChI=1S/C19H34O2/c1-3-4-5-6-7-8-9-10-11-12-13-14-15-16-17-18-19(20)21-2/h7-8,10-11H,3-6,9,12-18H2,1-2H3/i1D3,3D2,4D2,5D2,6D2,7D,8D,9D2,10D,11D,12D2,13D2,14D2,15D2,16D2,17D2,18D2. The molecule has 0 aromatic rings. The zero-order chi connectivity index (χ0) is 43.1. The maximum Gasteiger partial charge on any atom is 0.305 e. The van der Waals surface area contributed by atoms with Crippen LogP contribution in [0.2, 0.25) is 0 Å². The predicted octanol–water partition coefficient (Wildman–Crippen LogP) is 5.97. The lowest BCUT2D eigenvalue weighted by molar-refractivity contribution is -0.140. The highest BCUT2D eigenvalue weighted by Gasteiger charge is 1.98. The van der Waals surface area contributed by atoms with E-state index in [1.165, 1.54) is 0 Å². The van der Waals surface area contributed by atoms with E-state index >= 15 is 0 Å². The van der Waals surface area contributed by atoms with Gasteiger partial charge in [0.25, 0.3) is 0 Å². The quantitative estimate of drug-likeness (QED) is 0.290. The van der Waals surface area contributed by atoms with Crippen LogP contribution in [0.3, 0.4) is 0 Å². The zero-order valence-corrected chi connectivity index (χ0v) is 10.8. The van der Waals surface area contributed by atoms with Gasteiger partial charge in [-0.1, -0.05) is 62.9 Å². The van der Waals surface area contributed by atoms with Gasteiger partial charge < -0.3 is 4.74 Å². The van der Waals surface area contributed by atoms with Crippen molar-refractivity contribution in [2.24, 2.45) is 0 Å². The van der Waals surface area contributed by atoms with E-state index in [9.17, 15) is 4.79 Å². The van der Waals surface area contributed by atoms with Crippen LogP contribution >= 0.6 is 0 Å². The van der Waals surface area contributed by atoms with Crippen LogP contribution in [0.25, 0.3) is 0 Å². The fraction of sp³-hybridized carbons (Fsp3) is 0.737. The van der Waals surface area contributed by atoms with Gasteiger partial charge in [0.05, 0.1) is 12.6 Å².